The molecule has 5 nitrogen and oxygen atoms in total. The van der Waals surface area contributed by atoms with Crippen molar-refractivity contribution in [2.24, 2.45) is 5.41 Å². The molecule has 3 aromatic carbocycles. The van der Waals surface area contributed by atoms with Gasteiger partial charge in [0.05, 0.1) is 5.56 Å². The van der Waals surface area contributed by atoms with Crippen molar-refractivity contribution in [2.45, 2.75) is 18.4 Å². The number of ketones is 3. The van der Waals surface area contributed by atoms with Crippen LogP contribution >= 0.6 is 0 Å². The van der Waals surface area contributed by atoms with Crippen LogP contribution in [0.1, 0.15) is 48.1 Å². The summed E-state index contributed by atoms with van der Waals surface area (Å²) >= 11 is 0. The number of aryl methyl sites for hydroxylation is 1. The Morgan fingerprint density at radius 1 is 0.788 bits per heavy atom. The molecular formula is C28H23NO4. The number of para-hydroxylation sites is 1. The first-order chi connectivity index (χ1) is 15.9. The normalized spacial score (nSPS) is 25.4. The quantitative estimate of drug-likeness (QED) is 0.537. The summed E-state index contributed by atoms with van der Waals surface area (Å²) in [5.41, 5.74) is 0.195. The van der Waals surface area contributed by atoms with Crippen molar-refractivity contribution >= 4 is 17.3 Å². The molecule has 0 N–H and O–H groups in total. The fourth-order valence-electron chi connectivity index (χ4n) is 6.28. The van der Waals surface area contributed by atoms with E-state index in [4.69, 9.17) is 4.74 Å². The summed E-state index contributed by atoms with van der Waals surface area (Å²) in [4.78, 5) is 44.5. The van der Waals surface area contributed by atoms with Crippen molar-refractivity contribution in [3.63, 3.8) is 0 Å². The van der Waals surface area contributed by atoms with E-state index < -0.39 is 11.0 Å². The fourth-order valence-corrected chi connectivity index (χ4v) is 6.28. The predicted molar refractivity (Wildman–Crippen MR) is 123 cm³/mol. The number of nitrogens with zero attached hydrogens (tertiary/aromatic N) is 1. The lowest BCUT2D eigenvalue weighted by Gasteiger charge is -2.46. The van der Waals surface area contributed by atoms with Gasteiger partial charge in [0.25, 0.3) is 0 Å². The first-order valence-corrected chi connectivity index (χ1v) is 11.2. The van der Waals surface area contributed by atoms with Crippen molar-refractivity contribution in [1.82, 2.24) is 4.90 Å². The summed E-state index contributed by atoms with van der Waals surface area (Å²) in [6.07, 6.45) is 0. The van der Waals surface area contributed by atoms with Crippen molar-refractivity contribution in [3.05, 3.63) is 101 Å². The highest BCUT2D eigenvalue weighted by Gasteiger charge is 2.77. The fraction of sp³-hybridized carbons (Fsp3) is 0.250. The van der Waals surface area contributed by atoms with E-state index in [1.54, 1.807) is 54.4 Å². The SMILES string of the molecule is Cc1ccc([C@H]2CN(C)C3(C(=O)c4ccccc4C3=O)[C@@]23COc2ccccc2C3=O)cc1. The van der Waals surface area contributed by atoms with Crippen LogP contribution in [-0.4, -0.2) is 48.0 Å². The number of rotatable bonds is 1. The van der Waals surface area contributed by atoms with Crippen LogP contribution in [0.2, 0.25) is 0 Å². The van der Waals surface area contributed by atoms with Gasteiger partial charge in [-0.2, -0.15) is 0 Å². The molecule has 1 aliphatic carbocycles. The minimum Gasteiger partial charge on any atom is -0.492 e. The van der Waals surface area contributed by atoms with Crippen LogP contribution in [0, 0.1) is 12.3 Å². The molecule has 6 rings (SSSR count). The topological polar surface area (TPSA) is 63.7 Å². The molecule has 0 saturated carbocycles. The van der Waals surface area contributed by atoms with Crippen molar-refractivity contribution in [3.8, 4) is 5.75 Å². The summed E-state index contributed by atoms with van der Waals surface area (Å²) < 4.78 is 6.19. The molecule has 2 spiro atoms. The van der Waals surface area contributed by atoms with Gasteiger partial charge in [-0.3, -0.25) is 19.3 Å². The van der Waals surface area contributed by atoms with Gasteiger partial charge in [0.2, 0.25) is 0 Å². The maximum atomic E-state index is 14.4. The molecule has 2 atom stereocenters. The van der Waals surface area contributed by atoms with Crippen LogP contribution in [0.25, 0.3) is 0 Å². The van der Waals surface area contributed by atoms with Crippen LogP contribution in [0.15, 0.2) is 72.8 Å². The Balaban J connectivity index is 1.65. The maximum Gasteiger partial charge on any atom is 0.193 e. The number of fused-ring (bicyclic) bond motifs is 3. The highest BCUT2D eigenvalue weighted by Crippen LogP contribution is 2.61. The largest absolute Gasteiger partial charge is 0.492 e. The molecular weight excluding hydrogens is 414 g/mol. The number of benzene rings is 3. The zero-order chi connectivity index (χ0) is 23.0. The second kappa shape index (κ2) is 6.72. The molecule has 2 aliphatic heterocycles. The Kier molecular flexibility index (Phi) is 4.08. The molecule has 2 heterocycles. The van der Waals surface area contributed by atoms with Gasteiger partial charge < -0.3 is 4.74 Å². The Morgan fingerprint density at radius 3 is 2.00 bits per heavy atom. The third-order valence-electron chi connectivity index (χ3n) is 7.81. The lowest BCUT2D eigenvalue weighted by atomic mass is 9.57. The van der Waals surface area contributed by atoms with Crippen LogP contribution < -0.4 is 4.74 Å². The molecule has 5 heteroatoms. The average Bonchev–Trinajstić information content (AvgIpc) is 3.23. The zero-order valence-corrected chi connectivity index (χ0v) is 18.5. The number of carbonyl (C=O) groups excluding carboxylic acids is 3. The van der Waals surface area contributed by atoms with Crippen LogP contribution in [-0.2, 0) is 0 Å². The first-order valence-electron chi connectivity index (χ1n) is 11.2. The summed E-state index contributed by atoms with van der Waals surface area (Å²) in [5, 5.41) is 0. The van der Waals surface area contributed by atoms with Gasteiger partial charge >= 0.3 is 0 Å². The standard InChI is InChI=1S/C28H23NO4/c1-17-11-13-18(14-12-17)22-15-29(2)28(25(31)19-7-3-4-8-20(19)26(28)32)27(22)16-33-23-10-6-5-9-21(23)24(27)30/h3-14,22H,15-16H2,1-2H3/t22-,27+/m1/s1. The summed E-state index contributed by atoms with van der Waals surface area (Å²) in [5.74, 6) is -0.705. The molecule has 164 valence electrons. The van der Waals surface area contributed by atoms with Gasteiger partial charge in [0, 0.05) is 23.6 Å². The molecule has 0 bridgehead atoms. The van der Waals surface area contributed by atoms with Gasteiger partial charge in [0.1, 0.15) is 17.8 Å². The lowest BCUT2D eigenvalue weighted by Crippen LogP contribution is -2.67. The number of hydrogen-bond acceptors (Lipinski definition) is 5. The Hall–Kier alpha value is -3.57. The van der Waals surface area contributed by atoms with E-state index in [1.807, 2.05) is 37.3 Å². The Morgan fingerprint density at radius 2 is 1.36 bits per heavy atom. The van der Waals surface area contributed by atoms with E-state index in [0.717, 1.165) is 11.1 Å². The lowest BCUT2D eigenvalue weighted by molar-refractivity contribution is 0.0134. The number of carbonyl (C=O) groups is 3. The highest BCUT2D eigenvalue weighted by atomic mass is 16.5. The third-order valence-corrected chi connectivity index (χ3v) is 7.81. The zero-order valence-electron chi connectivity index (χ0n) is 18.5. The number of ether oxygens (including phenoxy) is 1. The van der Waals surface area contributed by atoms with Crippen LogP contribution in [0.5, 0.6) is 5.75 Å². The van der Waals surface area contributed by atoms with E-state index in [2.05, 4.69) is 0 Å². The smallest absolute Gasteiger partial charge is 0.193 e. The summed E-state index contributed by atoms with van der Waals surface area (Å²) in [6, 6.07) is 22.0. The van der Waals surface area contributed by atoms with E-state index >= 15 is 0 Å². The number of likely N-dealkylation sites (N-methyl/N-ethyl adjacent to an activating group) is 1. The molecule has 0 unspecified atom stereocenters. The van der Waals surface area contributed by atoms with E-state index in [9.17, 15) is 14.4 Å². The predicted octanol–water partition coefficient (Wildman–Crippen LogP) is 4.10. The minimum atomic E-state index is -1.64. The van der Waals surface area contributed by atoms with Gasteiger partial charge in [0.15, 0.2) is 22.9 Å². The molecule has 0 amide bonds. The Bertz CT molecular complexity index is 1310. The summed E-state index contributed by atoms with van der Waals surface area (Å²) in [7, 11) is 1.78. The van der Waals surface area contributed by atoms with Gasteiger partial charge in [-0.15, -0.1) is 0 Å². The van der Waals surface area contributed by atoms with Crippen LogP contribution in [0.4, 0.5) is 0 Å². The number of likely N-dealkylation sites (tertiary alicyclic amines) is 1. The van der Waals surface area contributed by atoms with E-state index in [0.29, 0.717) is 29.0 Å². The third kappa shape index (κ3) is 2.28. The van der Waals surface area contributed by atoms with Crippen molar-refractivity contribution in [2.75, 3.05) is 20.2 Å². The average molecular weight is 437 g/mol. The van der Waals surface area contributed by atoms with Gasteiger partial charge in [-0.05, 0) is 31.7 Å². The number of hydrogen-bond donors (Lipinski definition) is 0. The highest BCUT2D eigenvalue weighted by molar-refractivity contribution is 6.36. The molecule has 33 heavy (non-hydrogen) atoms. The molecule has 1 saturated heterocycles. The molecule has 3 aromatic rings. The van der Waals surface area contributed by atoms with Crippen molar-refractivity contribution in [1.29, 1.82) is 0 Å². The second-order valence-corrected chi connectivity index (χ2v) is 9.34. The van der Waals surface area contributed by atoms with Gasteiger partial charge in [-0.25, -0.2) is 0 Å². The molecule has 1 fully saturated rings. The van der Waals surface area contributed by atoms with E-state index in [-0.39, 0.29) is 29.9 Å². The maximum absolute atomic E-state index is 14.4. The molecule has 0 aromatic heterocycles. The second-order valence-electron chi connectivity index (χ2n) is 9.34. The Labute approximate surface area is 192 Å². The van der Waals surface area contributed by atoms with E-state index in [1.165, 1.54) is 0 Å². The first kappa shape index (κ1) is 20.1. The molecule has 3 aliphatic rings. The molecule has 0 radical (unpaired) electrons. The monoisotopic (exact) mass is 437 g/mol. The van der Waals surface area contributed by atoms with Crippen molar-refractivity contribution < 1.29 is 19.1 Å². The summed E-state index contributed by atoms with van der Waals surface area (Å²) in [6.45, 7) is 2.37. The number of Topliss-reactive ketones (excluding diaryl/α,β-unsaturated/α-hetero) is 3. The minimum absolute atomic E-state index is 0.0306. The van der Waals surface area contributed by atoms with Gasteiger partial charge in [-0.1, -0.05) is 66.2 Å². The van der Waals surface area contributed by atoms with Crippen LogP contribution in [0.3, 0.4) is 0 Å².